The molecule has 1 aliphatic heterocycles. The Morgan fingerprint density at radius 1 is 1.11 bits per heavy atom. The topological polar surface area (TPSA) is 70.0 Å². The summed E-state index contributed by atoms with van der Waals surface area (Å²) >= 11 is 0. The van der Waals surface area contributed by atoms with Crippen molar-refractivity contribution in [3.8, 4) is 28.7 Å². The second-order valence-corrected chi connectivity index (χ2v) is 5.95. The average molecular weight is 390 g/mol. The summed E-state index contributed by atoms with van der Waals surface area (Å²) < 4.78 is 21.8. The number of aromatic hydroxyl groups is 1. The van der Waals surface area contributed by atoms with Crippen molar-refractivity contribution in [3.05, 3.63) is 47.8 Å². The van der Waals surface area contributed by atoms with Gasteiger partial charge in [-0.25, -0.2) is 0 Å². The molecule has 7 heteroatoms. The van der Waals surface area contributed by atoms with Gasteiger partial charge in [-0.15, -0.1) is 12.4 Å². The third-order valence-electron chi connectivity index (χ3n) is 4.37. The summed E-state index contributed by atoms with van der Waals surface area (Å²) in [6.45, 7) is 2.56. The molecule has 3 aromatic rings. The number of hydrogen-bond acceptors (Lipinski definition) is 6. The predicted octanol–water partition coefficient (Wildman–Crippen LogP) is 4.09. The summed E-state index contributed by atoms with van der Waals surface area (Å²) in [5.41, 5.74) is 2.00. The van der Waals surface area contributed by atoms with E-state index in [1.165, 1.54) is 0 Å². The number of nitrogens with zero attached hydrogens (tertiary/aromatic N) is 1. The molecule has 0 saturated carbocycles. The van der Waals surface area contributed by atoms with Crippen LogP contribution in [0.25, 0.3) is 10.8 Å². The van der Waals surface area contributed by atoms with Gasteiger partial charge in [-0.2, -0.15) is 0 Å². The summed E-state index contributed by atoms with van der Waals surface area (Å²) in [7, 11) is 1.61. The van der Waals surface area contributed by atoms with E-state index >= 15 is 0 Å². The van der Waals surface area contributed by atoms with Crippen LogP contribution in [0.15, 0.2) is 36.7 Å². The molecule has 0 amide bonds. The molecule has 1 aliphatic rings. The first-order valence-corrected chi connectivity index (χ1v) is 8.39. The second-order valence-electron chi connectivity index (χ2n) is 5.95. The molecule has 6 nitrogen and oxygen atoms in total. The van der Waals surface area contributed by atoms with Crippen LogP contribution in [0.4, 0.5) is 0 Å². The fourth-order valence-corrected chi connectivity index (χ4v) is 3.19. The lowest BCUT2D eigenvalue weighted by molar-refractivity contribution is 0.171. The minimum Gasteiger partial charge on any atom is -0.504 e. The van der Waals surface area contributed by atoms with E-state index in [4.69, 9.17) is 18.9 Å². The largest absolute Gasteiger partial charge is 0.504 e. The van der Waals surface area contributed by atoms with Crippen LogP contribution in [0, 0.1) is 0 Å². The van der Waals surface area contributed by atoms with Crippen LogP contribution in [0.3, 0.4) is 0 Å². The predicted molar refractivity (Wildman–Crippen MR) is 104 cm³/mol. The Hall–Kier alpha value is -2.86. The number of phenols is 1. The first-order chi connectivity index (χ1) is 12.7. The zero-order valence-corrected chi connectivity index (χ0v) is 15.8. The van der Waals surface area contributed by atoms with Gasteiger partial charge in [0.15, 0.2) is 23.0 Å². The Morgan fingerprint density at radius 2 is 1.96 bits per heavy atom. The van der Waals surface area contributed by atoms with Crippen LogP contribution in [-0.2, 0) is 6.42 Å². The molecule has 0 saturated heterocycles. The standard InChI is InChI=1S/C20H19NO5.ClH/c1-3-24-16-5-4-14-13(9-21-10-15(14)19(16)22)6-12-7-17(23-2)20-18(8-12)25-11-26-20;/h4-5,7-10,22H,3,6,11H2,1-2H3;1H. The highest BCUT2D eigenvalue weighted by atomic mass is 35.5. The van der Waals surface area contributed by atoms with Crippen molar-refractivity contribution >= 4 is 23.2 Å². The summed E-state index contributed by atoms with van der Waals surface area (Å²) in [5.74, 6) is 2.52. The molecular weight excluding hydrogens is 370 g/mol. The highest BCUT2D eigenvalue weighted by molar-refractivity contribution is 5.92. The maximum Gasteiger partial charge on any atom is 0.231 e. The van der Waals surface area contributed by atoms with Crippen molar-refractivity contribution in [1.29, 1.82) is 0 Å². The molecule has 0 atom stereocenters. The number of phenolic OH excluding ortho intramolecular Hbond substituents is 1. The van der Waals surface area contributed by atoms with Crippen molar-refractivity contribution in [2.75, 3.05) is 20.5 Å². The van der Waals surface area contributed by atoms with Crippen LogP contribution in [-0.4, -0.2) is 30.6 Å². The molecule has 4 rings (SSSR count). The Morgan fingerprint density at radius 3 is 2.74 bits per heavy atom. The number of ether oxygens (including phenoxy) is 4. The molecule has 2 aromatic carbocycles. The number of aromatic nitrogens is 1. The van der Waals surface area contributed by atoms with E-state index < -0.39 is 0 Å². The maximum atomic E-state index is 10.5. The van der Waals surface area contributed by atoms with Gasteiger partial charge in [0, 0.05) is 17.8 Å². The third kappa shape index (κ3) is 3.40. The minimum absolute atomic E-state index is 0. The Labute approximate surface area is 163 Å². The lowest BCUT2D eigenvalue weighted by Crippen LogP contribution is -1.96. The lowest BCUT2D eigenvalue weighted by Gasteiger charge is -2.12. The van der Waals surface area contributed by atoms with Crippen LogP contribution >= 0.6 is 12.4 Å². The molecule has 0 aliphatic carbocycles. The first-order valence-electron chi connectivity index (χ1n) is 8.39. The Bertz CT molecular complexity index is 976. The molecular formula is C20H20ClNO5. The van der Waals surface area contributed by atoms with Gasteiger partial charge in [0.1, 0.15) is 0 Å². The molecule has 0 unspecified atom stereocenters. The van der Waals surface area contributed by atoms with Crippen molar-refractivity contribution in [2.24, 2.45) is 0 Å². The van der Waals surface area contributed by atoms with Crippen LogP contribution in [0.2, 0.25) is 0 Å². The minimum atomic E-state index is 0. The third-order valence-corrected chi connectivity index (χ3v) is 4.37. The van der Waals surface area contributed by atoms with Gasteiger partial charge < -0.3 is 24.1 Å². The second kappa shape index (κ2) is 7.80. The smallest absolute Gasteiger partial charge is 0.231 e. The van der Waals surface area contributed by atoms with Crippen molar-refractivity contribution in [2.45, 2.75) is 13.3 Å². The van der Waals surface area contributed by atoms with E-state index in [9.17, 15) is 5.11 Å². The van der Waals surface area contributed by atoms with E-state index in [0.29, 0.717) is 41.4 Å². The Balaban J connectivity index is 0.00000210. The fraction of sp³-hybridized carbons (Fsp3) is 0.250. The quantitative estimate of drug-likeness (QED) is 0.708. The molecule has 2 heterocycles. The van der Waals surface area contributed by atoms with Crippen molar-refractivity contribution in [1.82, 2.24) is 4.98 Å². The molecule has 1 aromatic heterocycles. The summed E-state index contributed by atoms with van der Waals surface area (Å²) in [6, 6.07) is 7.60. The van der Waals surface area contributed by atoms with E-state index in [2.05, 4.69) is 4.98 Å². The van der Waals surface area contributed by atoms with Crippen LogP contribution < -0.4 is 18.9 Å². The number of pyridine rings is 1. The molecule has 0 spiro atoms. The van der Waals surface area contributed by atoms with Crippen molar-refractivity contribution < 1.29 is 24.1 Å². The van der Waals surface area contributed by atoms with Gasteiger partial charge in [-0.1, -0.05) is 6.07 Å². The van der Waals surface area contributed by atoms with E-state index in [0.717, 1.165) is 16.5 Å². The van der Waals surface area contributed by atoms with Gasteiger partial charge in [0.2, 0.25) is 12.5 Å². The van der Waals surface area contributed by atoms with E-state index in [1.54, 1.807) is 25.6 Å². The molecule has 0 fully saturated rings. The number of methoxy groups -OCH3 is 1. The number of fused-ring (bicyclic) bond motifs is 2. The lowest BCUT2D eigenvalue weighted by atomic mass is 9.99. The normalized spacial score (nSPS) is 11.9. The molecule has 142 valence electrons. The molecule has 0 radical (unpaired) electrons. The zero-order chi connectivity index (χ0) is 18.1. The number of rotatable bonds is 5. The van der Waals surface area contributed by atoms with Gasteiger partial charge in [-0.05, 0) is 48.1 Å². The number of halogens is 1. The average Bonchev–Trinajstić information content (AvgIpc) is 3.12. The van der Waals surface area contributed by atoms with E-state index in [1.807, 2.05) is 25.1 Å². The van der Waals surface area contributed by atoms with Gasteiger partial charge in [0.25, 0.3) is 0 Å². The number of benzene rings is 2. The SMILES string of the molecule is CCOc1ccc2c(Cc3cc(OC)c4c(c3)OCO4)cncc2c1O.Cl. The fourth-order valence-electron chi connectivity index (χ4n) is 3.19. The highest BCUT2D eigenvalue weighted by Gasteiger charge is 2.20. The highest BCUT2D eigenvalue weighted by Crippen LogP contribution is 2.42. The van der Waals surface area contributed by atoms with Gasteiger partial charge in [0.05, 0.1) is 13.7 Å². The summed E-state index contributed by atoms with van der Waals surface area (Å²) in [5, 5.41) is 12.1. The summed E-state index contributed by atoms with van der Waals surface area (Å²) in [6.07, 6.45) is 4.07. The monoisotopic (exact) mass is 389 g/mol. The first kappa shape index (κ1) is 18.9. The number of hydrogen-bond donors (Lipinski definition) is 1. The van der Waals surface area contributed by atoms with Crippen LogP contribution in [0.5, 0.6) is 28.7 Å². The van der Waals surface area contributed by atoms with Crippen molar-refractivity contribution in [3.63, 3.8) is 0 Å². The molecule has 0 bridgehead atoms. The molecule has 1 N–H and O–H groups in total. The maximum absolute atomic E-state index is 10.5. The van der Waals surface area contributed by atoms with Crippen LogP contribution in [0.1, 0.15) is 18.1 Å². The van der Waals surface area contributed by atoms with Gasteiger partial charge >= 0.3 is 0 Å². The zero-order valence-electron chi connectivity index (χ0n) is 15.0. The van der Waals surface area contributed by atoms with E-state index in [-0.39, 0.29) is 24.9 Å². The van der Waals surface area contributed by atoms with Gasteiger partial charge in [-0.3, -0.25) is 4.98 Å². The summed E-state index contributed by atoms with van der Waals surface area (Å²) in [4.78, 5) is 4.28. The molecule has 27 heavy (non-hydrogen) atoms. The Kier molecular flexibility index (Phi) is 5.46.